The summed E-state index contributed by atoms with van der Waals surface area (Å²) in [6, 6.07) is 0.326. The number of hydrogen-bond acceptors (Lipinski definition) is 5. The van der Waals surface area contributed by atoms with E-state index in [0.717, 1.165) is 23.2 Å². The fourth-order valence-electron chi connectivity index (χ4n) is 2.61. The molecule has 5 nitrogen and oxygen atoms in total. The third-order valence-corrected chi connectivity index (χ3v) is 5.53. The van der Waals surface area contributed by atoms with E-state index in [4.69, 9.17) is 0 Å². The molecule has 2 aromatic rings. The molecule has 7 heteroatoms. The first-order valence-corrected chi connectivity index (χ1v) is 8.90. The van der Waals surface area contributed by atoms with Gasteiger partial charge in [-0.1, -0.05) is 24.6 Å². The molecule has 1 amide bonds. The second-order valence-electron chi connectivity index (χ2n) is 5.31. The van der Waals surface area contributed by atoms with Crippen LogP contribution in [0.15, 0.2) is 15.3 Å². The maximum absolute atomic E-state index is 12.0. The van der Waals surface area contributed by atoms with Crippen LogP contribution in [0.5, 0.6) is 0 Å². The monoisotopic (exact) mass is 323 g/mol. The molecule has 0 unspecified atom stereocenters. The third kappa shape index (κ3) is 3.29. The van der Waals surface area contributed by atoms with Crippen molar-refractivity contribution < 1.29 is 4.79 Å². The van der Waals surface area contributed by atoms with Gasteiger partial charge in [0.15, 0.2) is 5.16 Å². The van der Waals surface area contributed by atoms with Crippen molar-refractivity contribution in [3.8, 4) is 0 Å². The number of nitrogens with zero attached hydrogens (tertiary/aromatic N) is 1. The minimum absolute atomic E-state index is 0.0111. The van der Waals surface area contributed by atoms with Gasteiger partial charge in [-0.25, -0.2) is 4.98 Å². The molecule has 0 aliphatic heterocycles. The van der Waals surface area contributed by atoms with Crippen molar-refractivity contribution in [2.24, 2.45) is 0 Å². The summed E-state index contributed by atoms with van der Waals surface area (Å²) < 4.78 is 0. The zero-order valence-electron chi connectivity index (χ0n) is 11.8. The van der Waals surface area contributed by atoms with Crippen LogP contribution in [0.2, 0.25) is 0 Å². The smallest absolute Gasteiger partial charge is 0.260 e. The van der Waals surface area contributed by atoms with E-state index in [1.807, 2.05) is 12.3 Å². The Labute approximate surface area is 130 Å². The molecule has 2 aromatic heterocycles. The molecule has 0 aromatic carbocycles. The molecular weight excluding hydrogens is 306 g/mol. The molecule has 0 saturated heterocycles. The first-order valence-electron chi connectivity index (χ1n) is 7.04. The van der Waals surface area contributed by atoms with Gasteiger partial charge in [0.1, 0.15) is 4.83 Å². The van der Waals surface area contributed by atoms with Gasteiger partial charge in [-0.15, -0.1) is 11.3 Å². The summed E-state index contributed by atoms with van der Waals surface area (Å²) >= 11 is 2.74. The molecule has 2 heterocycles. The Kier molecular flexibility index (Phi) is 4.30. The van der Waals surface area contributed by atoms with Crippen molar-refractivity contribution in [1.29, 1.82) is 0 Å². The highest BCUT2D eigenvalue weighted by atomic mass is 32.2. The molecule has 0 spiro atoms. The lowest BCUT2D eigenvalue weighted by atomic mass is 10.2. The van der Waals surface area contributed by atoms with E-state index in [1.165, 1.54) is 35.9 Å². The van der Waals surface area contributed by atoms with E-state index in [2.05, 4.69) is 15.3 Å². The van der Waals surface area contributed by atoms with Gasteiger partial charge < -0.3 is 10.3 Å². The molecule has 0 atom stereocenters. The number of nitrogens with one attached hydrogen (secondary N) is 2. The van der Waals surface area contributed by atoms with E-state index in [-0.39, 0.29) is 17.2 Å². The predicted octanol–water partition coefficient (Wildman–Crippen LogP) is 2.44. The van der Waals surface area contributed by atoms with E-state index >= 15 is 0 Å². The Morgan fingerprint density at radius 2 is 2.29 bits per heavy atom. The van der Waals surface area contributed by atoms with Crippen LogP contribution in [0.4, 0.5) is 0 Å². The van der Waals surface area contributed by atoms with Crippen LogP contribution in [-0.2, 0) is 4.79 Å². The highest BCUT2D eigenvalue weighted by molar-refractivity contribution is 7.99. The first-order chi connectivity index (χ1) is 10.1. The van der Waals surface area contributed by atoms with Gasteiger partial charge >= 0.3 is 0 Å². The molecular formula is C14H17N3O2S2. The van der Waals surface area contributed by atoms with Gasteiger partial charge in [-0.2, -0.15) is 0 Å². The molecule has 1 saturated carbocycles. The predicted molar refractivity (Wildman–Crippen MR) is 86.1 cm³/mol. The first kappa shape index (κ1) is 14.6. The van der Waals surface area contributed by atoms with E-state index in [9.17, 15) is 9.59 Å². The third-order valence-electron chi connectivity index (χ3n) is 3.67. The van der Waals surface area contributed by atoms with Crippen LogP contribution in [0.25, 0.3) is 10.2 Å². The quantitative estimate of drug-likeness (QED) is 0.669. The fourth-order valence-corrected chi connectivity index (χ4v) is 4.26. The van der Waals surface area contributed by atoms with Gasteiger partial charge in [0.2, 0.25) is 5.91 Å². The number of H-pyrrole nitrogens is 1. The Morgan fingerprint density at radius 3 is 3.05 bits per heavy atom. The van der Waals surface area contributed by atoms with Crippen molar-refractivity contribution in [2.75, 3.05) is 5.75 Å². The number of rotatable bonds is 4. The fraction of sp³-hybridized carbons (Fsp3) is 0.500. The van der Waals surface area contributed by atoms with Crippen molar-refractivity contribution >= 4 is 39.2 Å². The number of thiophene rings is 1. The Balaban J connectivity index is 1.65. The number of thioether (sulfide) groups is 1. The van der Waals surface area contributed by atoms with Gasteiger partial charge in [-0.05, 0) is 30.7 Å². The summed E-state index contributed by atoms with van der Waals surface area (Å²) in [6.07, 6.45) is 4.54. The van der Waals surface area contributed by atoms with Crippen LogP contribution in [-0.4, -0.2) is 27.7 Å². The summed E-state index contributed by atoms with van der Waals surface area (Å²) in [6.45, 7) is 1.90. The maximum atomic E-state index is 12.0. The van der Waals surface area contributed by atoms with Crippen molar-refractivity contribution in [3.63, 3.8) is 0 Å². The summed E-state index contributed by atoms with van der Waals surface area (Å²) in [5, 5.41) is 6.12. The van der Waals surface area contributed by atoms with Crippen LogP contribution < -0.4 is 10.9 Å². The lowest BCUT2D eigenvalue weighted by molar-refractivity contribution is -0.119. The minimum Gasteiger partial charge on any atom is -0.353 e. The zero-order valence-corrected chi connectivity index (χ0v) is 13.4. The summed E-state index contributed by atoms with van der Waals surface area (Å²) in [5.41, 5.74) is 0.816. The molecule has 21 heavy (non-hydrogen) atoms. The lowest BCUT2D eigenvalue weighted by Gasteiger charge is -2.11. The molecule has 0 bridgehead atoms. The lowest BCUT2D eigenvalue weighted by Crippen LogP contribution is -2.33. The number of carbonyl (C=O) groups is 1. The minimum atomic E-state index is -0.127. The van der Waals surface area contributed by atoms with Crippen molar-refractivity contribution in [1.82, 2.24) is 15.3 Å². The van der Waals surface area contributed by atoms with Gasteiger partial charge in [-0.3, -0.25) is 9.59 Å². The average Bonchev–Trinajstić information content (AvgIpc) is 3.07. The number of aromatic nitrogens is 2. The summed E-state index contributed by atoms with van der Waals surface area (Å²) in [4.78, 5) is 31.8. The largest absolute Gasteiger partial charge is 0.353 e. The second kappa shape index (κ2) is 6.19. The Morgan fingerprint density at radius 1 is 1.52 bits per heavy atom. The van der Waals surface area contributed by atoms with Gasteiger partial charge in [0, 0.05) is 6.04 Å². The van der Waals surface area contributed by atoms with Crippen LogP contribution in [0.3, 0.4) is 0 Å². The molecule has 1 aliphatic carbocycles. The molecule has 2 N–H and O–H groups in total. The van der Waals surface area contributed by atoms with Crippen LogP contribution in [0.1, 0.15) is 31.2 Å². The molecule has 1 aliphatic rings. The standard InChI is InChI=1S/C14H17N3O2S2/c1-8-6-20-13-11(8)12(19)16-14(17-13)21-7-10(18)15-9-4-2-3-5-9/h6,9H,2-5,7H2,1H3,(H,15,18)(H,16,17,19). The topological polar surface area (TPSA) is 74.8 Å². The molecule has 3 rings (SSSR count). The molecule has 0 radical (unpaired) electrons. The van der Waals surface area contributed by atoms with Crippen molar-refractivity contribution in [3.05, 3.63) is 21.3 Å². The number of aromatic amines is 1. The van der Waals surface area contributed by atoms with Crippen LogP contribution in [0, 0.1) is 6.92 Å². The highest BCUT2D eigenvalue weighted by Gasteiger charge is 2.17. The maximum Gasteiger partial charge on any atom is 0.260 e. The summed E-state index contributed by atoms with van der Waals surface area (Å²) in [5.74, 6) is 0.298. The number of amides is 1. The highest BCUT2D eigenvalue weighted by Crippen LogP contribution is 2.22. The number of carbonyl (C=O) groups excluding carboxylic acids is 1. The Hall–Kier alpha value is -1.34. The Bertz CT molecular complexity index is 717. The van der Waals surface area contributed by atoms with E-state index in [1.54, 1.807) is 0 Å². The average molecular weight is 323 g/mol. The van der Waals surface area contributed by atoms with Gasteiger partial charge in [0.25, 0.3) is 5.56 Å². The van der Waals surface area contributed by atoms with E-state index in [0.29, 0.717) is 16.6 Å². The number of fused-ring (bicyclic) bond motifs is 1. The van der Waals surface area contributed by atoms with Crippen molar-refractivity contribution in [2.45, 2.75) is 43.8 Å². The van der Waals surface area contributed by atoms with Crippen LogP contribution >= 0.6 is 23.1 Å². The molecule has 112 valence electrons. The normalized spacial score (nSPS) is 15.7. The number of aryl methyl sites for hydroxylation is 1. The van der Waals surface area contributed by atoms with E-state index < -0.39 is 0 Å². The summed E-state index contributed by atoms with van der Waals surface area (Å²) in [7, 11) is 0. The van der Waals surface area contributed by atoms with Gasteiger partial charge in [0.05, 0.1) is 11.1 Å². The zero-order chi connectivity index (χ0) is 14.8. The second-order valence-corrected chi connectivity index (χ2v) is 7.13. The molecule has 1 fully saturated rings. The number of hydrogen-bond donors (Lipinski definition) is 2. The SMILES string of the molecule is Cc1csc2nc(SCC(=O)NC3CCCC3)[nH]c(=O)c12.